The average molecular weight is 338 g/mol. The van der Waals surface area contributed by atoms with Crippen LogP contribution in [0.2, 0.25) is 0 Å². The van der Waals surface area contributed by atoms with Crippen molar-refractivity contribution in [3.05, 3.63) is 71.5 Å². The maximum atomic E-state index is 13.2. The van der Waals surface area contributed by atoms with Gasteiger partial charge in [0.1, 0.15) is 5.82 Å². The summed E-state index contributed by atoms with van der Waals surface area (Å²) in [4.78, 5) is 0. The summed E-state index contributed by atoms with van der Waals surface area (Å²) in [6, 6.07) is 18.5. The molecule has 25 heavy (non-hydrogen) atoms. The minimum Gasteiger partial charge on any atom is -0.317 e. The van der Waals surface area contributed by atoms with Gasteiger partial charge in [-0.3, -0.25) is 0 Å². The van der Waals surface area contributed by atoms with Gasteiger partial charge in [-0.2, -0.15) is 0 Å². The van der Waals surface area contributed by atoms with E-state index in [0.29, 0.717) is 12.0 Å². The largest absolute Gasteiger partial charge is 0.317 e. The summed E-state index contributed by atoms with van der Waals surface area (Å²) in [5.41, 5.74) is 2.99. The third-order valence-corrected chi connectivity index (χ3v) is 5.91. The molecule has 0 amide bonds. The molecular formula is C22H27FN2. The van der Waals surface area contributed by atoms with E-state index in [1.165, 1.54) is 30.4 Å². The summed E-state index contributed by atoms with van der Waals surface area (Å²) in [5, 5.41) is 7.33. The molecule has 2 N–H and O–H groups in total. The van der Waals surface area contributed by atoms with Gasteiger partial charge in [0, 0.05) is 18.5 Å². The highest BCUT2D eigenvalue weighted by Gasteiger charge is 2.40. The zero-order valence-electron chi connectivity index (χ0n) is 14.7. The Bertz CT molecular complexity index is 677. The molecule has 0 radical (unpaired) electrons. The Morgan fingerprint density at radius 1 is 1.00 bits per heavy atom. The molecule has 1 aliphatic carbocycles. The van der Waals surface area contributed by atoms with E-state index in [1.54, 1.807) is 12.1 Å². The first-order valence-corrected chi connectivity index (χ1v) is 9.48. The third kappa shape index (κ3) is 4.10. The zero-order valence-corrected chi connectivity index (χ0v) is 14.7. The lowest BCUT2D eigenvalue weighted by Crippen LogP contribution is -2.45. The Morgan fingerprint density at radius 2 is 1.72 bits per heavy atom. The lowest BCUT2D eigenvalue weighted by molar-refractivity contribution is 0.191. The Hall–Kier alpha value is -1.71. The molecule has 1 saturated heterocycles. The van der Waals surface area contributed by atoms with Crippen molar-refractivity contribution in [2.24, 2.45) is 5.41 Å². The molecule has 0 bridgehead atoms. The van der Waals surface area contributed by atoms with Gasteiger partial charge in [-0.05, 0) is 67.4 Å². The molecule has 2 aromatic rings. The summed E-state index contributed by atoms with van der Waals surface area (Å²) in [6.45, 7) is 3.21. The molecule has 1 saturated carbocycles. The van der Waals surface area contributed by atoms with Crippen LogP contribution in [0.25, 0.3) is 0 Å². The first-order chi connectivity index (χ1) is 12.2. The van der Waals surface area contributed by atoms with E-state index < -0.39 is 0 Å². The Kier molecular flexibility index (Phi) is 4.87. The van der Waals surface area contributed by atoms with Crippen LogP contribution in [0.15, 0.2) is 54.6 Å². The standard InChI is InChI=1S/C22H27FN2/c23-19-8-6-17(7-9-19)15-22(10-12-24-13-11-22)16-25-21-14-20(21)18-4-2-1-3-5-18/h1-9,20-21,24-25H,10-16H2/t20-,21+/m1/s1. The summed E-state index contributed by atoms with van der Waals surface area (Å²) < 4.78 is 13.2. The number of hydrogen-bond acceptors (Lipinski definition) is 2. The summed E-state index contributed by atoms with van der Waals surface area (Å²) in [5.74, 6) is 0.524. The van der Waals surface area contributed by atoms with E-state index in [1.807, 2.05) is 12.1 Å². The van der Waals surface area contributed by atoms with Crippen LogP contribution < -0.4 is 10.6 Å². The molecule has 1 aliphatic heterocycles. The van der Waals surface area contributed by atoms with Crippen molar-refractivity contribution in [3.8, 4) is 0 Å². The van der Waals surface area contributed by atoms with Crippen molar-refractivity contribution in [2.75, 3.05) is 19.6 Å². The van der Waals surface area contributed by atoms with Gasteiger partial charge in [-0.25, -0.2) is 4.39 Å². The molecule has 132 valence electrons. The number of rotatable bonds is 6. The van der Waals surface area contributed by atoms with Gasteiger partial charge in [0.05, 0.1) is 0 Å². The quantitative estimate of drug-likeness (QED) is 0.835. The van der Waals surface area contributed by atoms with Crippen LogP contribution in [0.5, 0.6) is 0 Å². The van der Waals surface area contributed by atoms with Gasteiger partial charge in [-0.1, -0.05) is 42.5 Å². The molecule has 1 heterocycles. The minimum atomic E-state index is -0.148. The monoisotopic (exact) mass is 338 g/mol. The number of hydrogen-bond donors (Lipinski definition) is 2. The number of benzene rings is 2. The van der Waals surface area contributed by atoms with Gasteiger partial charge < -0.3 is 10.6 Å². The number of piperidine rings is 1. The second-order valence-electron chi connectivity index (χ2n) is 7.79. The van der Waals surface area contributed by atoms with Crippen LogP contribution in [0.3, 0.4) is 0 Å². The first kappa shape index (κ1) is 16.7. The van der Waals surface area contributed by atoms with E-state index >= 15 is 0 Å². The lowest BCUT2D eigenvalue weighted by atomic mass is 9.74. The van der Waals surface area contributed by atoms with Crippen LogP contribution in [0, 0.1) is 11.2 Å². The minimum absolute atomic E-state index is 0.148. The van der Waals surface area contributed by atoms with Gasteiger partial charge >= 0.3 is 0 Å². The fourth-order valence-corrected chi connectivity index (χ4v) is 4.25. The maximum absolute atomic E-state index is 13.2. The highest BCUT2D eigenvalue weighted by molar-refractivity contribution is 5.27. The van der Waals surface area contributed by atoms with Crippen LogP contribution >= 0.6 is 0 Å². The fraction of sp³-hybridized carbons (Fsp3) is 0.455. The molecule has 0 unspecified atom stereocenters. The van der Waals surface area contributed by atoms with Crippen LogP contribution in [-0.4, -0.2) is 25.7 Å². The van der Waals surface area contributed by atoms with Crippen molar-refractivity contribution >= 4 is 0 Å². The molecule has 2 aliphatic rings. The average Bonchev–Trinajstić information content (AvgIpc) is 3.44. The van der Waals surface area contributed by atoms with Crippen LogP contribution in [0.1, 0.15) is 36.3 Å². The third-order valence-electron chi connectivity index (χ3n) is 5.91. The summed E-state index contributed by atoms with van der Waals surface area (Å²) >= 11 is 0. The molecule has 2 nitrogen and oxygen atoms in total. The van der Waals surface area contributed by atoms with Gasteiger partial charge in [-0.15, -0.1) is 0 Å². The van der Waals surface area contributed by atoms with Crippen molar-refractivity contribution < 1.29 is 4.39 Å². The Labute approximate surface area is 149 Å². The molecule has 2 atom stereocenters. The second-order valence-corrected chi connectivity index (χ2v) is 7.79. The number of nitrogens with one attached hydrogen (secondary N) is 2. The Balaban J connectivity index is 1.39. The molecule has 0 spiro atoms. The highest BCUT2D eigenvalue weighted by atomic mass is 19.1. The SMILES string of the molecule is Fc1ccc(CC2(CN[C@H]3C[C@@H]3c3ccccc3)CCNCC2)cc1. The topological polar surface area (TPSA) is 24.1 Å². The highest BCUT2D eigenvalue weighted by Crippen LogP contribution is 2.42. The van der Waals surface area contributed by atoms with Crippen molar-refractivity contribution in [2.45, 2.75) is 37.6 Å². The molecule has 0 aromatic heterocycles. The van der Waals surface area contributed by atoms with E-state index in [9.17, 15) is 4.39 Å². The van der Waals surface area contributed by atoms with Gasteiger partial charge in [0.25, 0.3) is 0 Å². The summed E-state index contributed by atoms with van der Waals surface area (Å²) in [7, 11) is 0. The molecular weight excluding hydrogens is 311 g/mol. The second kappa shape index (κ2) is 7.27. The van der Waals surface area contributed by atoms with E-state index in [4.69, 9.17) is 0 Å². The first-order valence-electron chi connectivity index (χ1n) is 9.48. The van der Waals surface area contributed by atoms with Gasteiger partial charge in [0.2, 0.25) is 0 Å². The smallest absolute Gasteiger partial charge is 0.123 e. The van der Waals surface area contributed by atoms with Crippen LogP contribution in [-0.2, 0) is 6.42 Å². The lowest BCUT2D eigenvalue weighted by Gasteiger charge is -2.38. The van der Waals surface area contributed by atoms with E-state index in [2.05, 4.69) is 41.0 Å². The predicted octanol–water partition coefficient (Wildman–Crippen LogP) is 3.88. The van der Waals surface area contributed by atoms with Gasteiger partial charge in [0.15, 0.2) is 0 Å². The molecule has 2 fully saturated rings. The number of halogens is 1. The molecule has 4 rings (SSSR count). The van der Waals surface area contributed by atoms with Crippen molar-refractivity contribution in [1.29, 1.82) is 0 Å². The Morgan fingerprint density at radius 3 is 2.44 bits per heavy atom. The van der Waals surface area contributed by atoms with Crippen molar-refractivity contribution in [3.63, 3.8) is 0 Å². The van der Waals surface area contributed by atoms with E-state index in [0.717, 1.165) is 26.1 Å². The van der Waals surface area contributed by atoms with Crippen molar-refractivity contribution in [1.82, 2.24) is 10.6 Å². The maximum Gasteiger partial charge on any atom is 0.123 e. The zero-order chi connectivity index (χ0) is 17.1. The van der Waals surface area contributed by atoms with E-state index in [-0.39, 0.29) is 11.2 Å². The predicted molar refractivity (Wildman–Crippen MR) is 100 cm³/mol. The van der Waals surface area contributed by atoms with Crippen LogP contribution in [0.4, 0.5) is 4.39 Å². The normalized spacial score (nSPS) is 24.8. The molecule has 3 heteroatoms. The molecule has 2 aromatic carbocycles. The summed E-state index contributed by atoms with van der Waals surface area (Å²) in [6.07, 6.45) is 4.64. The fourth-order valence-electron chi connectivity index (χ4n) is 4.25.